The number of nitrogens with one attached hydrogen (secondary N) is 1. The average molecular weight is 371 g/mol. The zero-order valence-electron chi connectivity index (χ0n) is 15.3. The molecular formula is C20H21NO6. The van der Waals surface area contributed by atoms with E-state index in [0.29, 0.717) is 12.2 Å². The Morgan fingerprint density at radius 1 is 1.04 bits per heavy atom. The second-order valence-electron chi connectivity index (χ2n) is 6.02. The summed E-state index contributed by atoms with van der Waals surface area (Å²) >= 11 is 0. The minimum atomic E-state index is -1.27. The number of anilines is 1. The van der Waals surface area contributed by atoms with Crippen molar-refractivity contribution < 1.29 is 29.3 Å². The van der Waals surface area contributed by atoms with Crippen molar-refractivity contribution in [1.29, 1.82) is 0 Å². The van der Waals surface area contributed by atoms with E-state index in [1.807, 2.05) is 6.07 Å². The second kappa shape index (κ2) is 8.35. The highest BCUT2D eigenvalue weighted by atomic mass is 16.5. The number of aromatic carboxylic acids is 2. The topological polar surface area (TPSA) is 113 Å². The molecule has 2 aromatic carbocycles. The van der Waals surface area contributed by atoms with E-state index in [4.69, 9.17) is 4.74 Å². The lowest BCUT2D eigenvalue weighted by Crippen LogP contribution is -2.33. The minimum Gasteiger partial charge on any atom is -0.481 e. The Morgan fingerprint density at radius 2 is 1.67 bits per heavy atom. The number of ether oxygens (including phenoxy) is 1. The Morgan fingerprint density at radius 3 is 2.19 bits per heavy atom. The predicted molar refractivity (Wildman–Crippen MR) is 99.6 cm³/mol. The fourth-order valence-corrected chi connectivity index (χ4v) is 2.78. The standard InChI is InChI=1S/C20H21NO6/c1-4-16(27-13-8-6-5-7-9-13)18(22)21-15-10-14(19(23)24)11(2)17(12(15)3)20(25)26/h5-10,16H,4H2,1-3H3,(H,21,22)(H,23,24)(H,25,26). The molecule has 0 aliphatic heterocycles. The van der Waals surface area contributed by atoms with Crippen LogP contribution in [0, 0.1) is 13.8 Å². The van der Waals surface area contributed by atoms with Crippen LogP contribution in [-0.4, -0.2) is 34.2 Å². The zero-order chi connectivity index (χ0) is 20.1. The molecule has 0 radical (unpaired) electrons. The highest BCUT2D eigenvalue weighted by molar-refractivity contribution is 6.03. The lowest BCUT2D eigenvalue weighted by atomic mass is 9.95. The molecule has 0 aliphatic carbocycles. The SMILES string of the molecule is CCC(Oc1ccccc1)C(=O)Nc1cc(C(=O)O)c(C)c(C(=O)O)c1C. The third-order valence-electron chi connectivity index (χ3n) is 4.23. The van der Waals surface area contributed by atoms with Crippen LogP contribution in [0.4, 0.5) is 5.69 Å². The van der Waals surface area contributed by atoms with Gasteiger partial charge in [0.15, 0.2) is 6.10 Å². The molecule has 0 aliphatic rings. The van der Waals surface area contributed by atoms with Crippen molar-refractivity contribution in [1.82, 2.24) is 0 Å². The number of hydrogen-bond acceptors (Lipinski definition) is 4. The van der Waals surface area contributed by atoms with Gasteiger partial charge < -0.3 is 20.3 Å². The maximum atomic E-state index is 12.6. The van der Waals surface area contributed by atoms with E-state index >= 15 is 0 Å². The summed E-state index contributed by atoms with van der Waals surface area (Å²) in [6.45, 7) is 4.73. The fourth-order valence-electron chi connectivity index (χ4n) is 2.78. The van der Waals surface area contributed by atoms with E-state index < -0.39 is 23.9 Å². The Balaban J connectivity index is 2.36. The predicted octanol–water partition coefficient (Wildman–Crippen LogP) is 3.50. The smallest absolute Gasteiger partial charge is 0.336 e. The highest BCUT2D eigenvalue weighted by Crippen LogP contribution is 2.27. The Labute approximate surface area is 156 Å². The zero-order valence-corrected chi connectivity index (χ0v) is 15.3. The van der Waals surface area contributed by atoms with Crippen LogP contribution in [0.2, 0.25) is 0 Å². The van der Waals surface area contributed by atoms with Gasteiger partial charge in [-0.05, 0) is 49.6 Å². The number of hydrogen-bond donors (Lipinski definition) is 3. The molecule has 142 valence electrons. The maximum Gasteiger partial charge on any atom is 0.336 e. The fraction of sp³-hybridized carbons (Fsp3) is 0.250. The van der Waals surface area contributed by atoms with Gasteiger partial charge >= 0.3 is 11.9 Å². The van der Waals surface area contributed by atoms with Gasteiger partial charge in [0.05, 0.1) is 11.1 Å². The Hall–Kier alpha value is -3.35. The molecule has 0 spiro atoms. The summed E-state index contributed by atoms with van der Waals surface area (Å²) in [7, 11) is 0. The normalized spacial score (nSPS) is 11.5. The number of carbonyl (C=O) groups excluding carboxylic acids is 1. The number of carboxylic acid groups (broad SMARTS) is 2. The molecule has 0 aromatic heterocycles. The molecule has 0 bridgehead atoms. The summed E-state index contributed by atoms with van der Waals surface area (Å²) in [5.74, 6) is -2.48. The largest absolute Gasteiger partial charge is 0.481 e. The molecule has 2 rings (SSSR count). The van der Waals surface area contributed by atoms with Gasteiger partial charge in [-0.25, -0.2) is 9.59 Å². The molecule has 27 heavy (non-hydrogen) atoms. The number of carboxylic acids is 2. The first kappa shape index (κ1) is 20.0. The van der Waals surface area contributed by atoms with Crippen molar-refractivity contribution in [3.8, 4) is 5.75 Å². The molecule has 2 aromatic rings. The van der Waals surface area contributed by atoms with Crippen LogP contribution in [0.15, 0.2) is 36.4 Å². The van der Waals surface area contributed by atoms with Crippen molar-refractivity contribution in [3.05, 3.63) is 58.7 Å². The molecular weight excluding hydrogens is 350 g/mol. The van der Waals surface area contributed by atoms with Gasteiger partial charge in [-0.3, -0.25) is 4.79 Å². The summed E-state index contributed by atoms with van der Waals surface area (Å²) in [4.78, 5) is 35.6. The van der Waals surface area contributed by atoms with Crippen molar-refractivity contribution in [2.75, 3.05) is 5.32 Å². The first-order valence-electron chi connectivity index (χ1n) is 8.39. The molecule has 0 saturated carbocycles. The van der Waals surface area contributed by atoms with Gasteiger partial charge in [-0.15, -0.1) is 0 Å². The monoisotopic (exact) mass is 371 g/mol. The summed E-state index contributed by atoms with van der Waals surface area (Å²) in [6, 6.07) is 10.1. The van der Waals surface area contributed by atoms with Gasteiger partial charge in [0.25, 0.3) is 5.91 Å². The lowest BCUT2D eigenvalue weighted by molar-refractivity contribution is -0.122. The molecule has 0 fully saturated rings. The van der Waals surface area contributed by atoms with E-state index in [0.717, 1.165) is 0 Å². The first-order chi connectivity index (χ1) is 12.8. The highest BCUT2D eigenvalue weighted by Gasteiger charge is 2.24. The summed E-state index contributed by atoms with van der Waals surface area (Å²) < 4.78 is 5.67. The molecule has 0 saturated heterocycles. The average Bonchev–Trinajstić information content (AvgIpc) is 2.62. The van der Waals surface area contributed by atoms with Gasteiger partial charge in [0, 0.05) is 5.69 Å². The van der Waals surface area contributed by atoms with E-state index in [2.05, 4.69) is 5.32 Å². The van der Waals surface area contributed by atoms with Gasteiger partial charge in [0.1, 0.15) is 5.75 Å². The first-order valence-corrected chi connectivity index (χ1v) is 8.39. The number of para-hydroxylation sites is 1. The third-order valence-corrected chi connectivity index (χ3v) is 4.23. The summed E-state index contributed by atoms with van der Waals surface area (Å²) in [6.07, 6.45) is -0.432. The van der Waals surface area contributed by atoms with Crippen LogP contribution >= 0.6 is 0 Å². The van der Waals surface area contributed by atoms with E-state index in [9.17, 15) is 24.6 Å². The van der Waals surface area contributed by atoms with E-state index in [-0.39, 0.29) is 27.9 Å². The van der Waals surface area contributed by atoms with Gasteiger partial charge in [-0.2, -0.15) is 0 Å². The van der Waals surface area contributed by atoms with Gasteiger partial charge in [0.2, 0.25) is 0 Å². The number of rotatable bonds is 7. The van der Waals surface area contributed by atoms with Crippen LogP contribution in [-0.2, 0) is 4.79 Å². The van der Waals surface area contributed by atoms with Crippen LogP contribution in [0.3, 0.4) is 0 Å². The number of amides is 1. The van der Waals surface area contributed by atoms with E-state index in [1.54, 1.807) is 31.2 Å². The summed E-state index contributed by atoms with van der Waals surface area (Å²) in [5, 5.41) is 21.4. The third kappa shape index (κ3) is 4.44. The second-order valence-corrected chi connectivity index (χ2v) is 6.02. The molecule has 1 amide bonds. The maximum absolute atomic E-state index is 12.6. The number of carbonyl (C=O) groups is 3. The Kier molecular flexibility index (Phi) is 6.18. The van der Waals surface area contributed by atoms with Crippen LogP contribution in [0.25, 0.3) is 0 Å². The van der Waals surface area contributed by atoms with Crippen LogP contribution in [0.1, 0.15) is 45.2 Å². The van der Waals surface area contributed by atoms with E-state index in [1.165, 1.54) is 19.9 Å². The molecule has 1 unspecified atom stereocenters. The van der Waals surface area contributed by atoms with Crippen LogP contribution in [0.5, 0.6) is 5.75 Å². The molecule has 0 heterocycles. The van der Waals surface area contributed by atoms with Crippen LogP contribution < -0.4 is 10.1 Å². The number of benzene rings is 2. The van der Waals surface area contributed by atoms with Crippen molar-refractivity contribution in [3.63, 3.8) is 0 Å². The van der Waals surface area contributed by atoms with Gasteiger partial charge in [-0.1, -0.05) is 25.1 Å². The quantitative estimate of drug-likeness (QED) is 0.687. The molecule has 3 N–H and O–H groups in total. The minimum absolute atomic E-state index is 0.135. The van der Waals surface area contributed by atoms with Crippen molar-refractivity contribution >= 4 is 23.5 Å². The molecule has 1 atom stereocenters. The van der Waals surface area contributed by atoms with Crippen molar-refractivity contribution in [2.24, 2.45) is 0 Å². The summed E-state index contributed by atoms with van der Waals surface area (Å²) in [5.41, 5.74) is 0.244. The lowest BCUT2D eigenvalue weighted by Gasteiger charge is -2.20. The molecule has 7 nitrogen and oxygen atoms in total. The molecule has 7 heteroatoms. The Bertz CT molecular complexity index is 876. The van der Waals surface area contributed by atoms with Crippen molar-refractivity contribution in [2.45, 2.75) is 33.3 Å².